The highest BCUT2D eigenvalue weighted by molar-refractivity contribution is 5.95. The molecule has 5 nitrogen and oxygen atoms in total. The Morgan fingerprint density at radius 3 is 2.50 bits per heavy atom. The van der Waals surface area contributed by atoms with E-state index in [2.05, 4.69) is 23.8 Å². The Kier molecular flexibility index (Phi) is 3.29. The predicted molar refractivity (Wildman–Crippen MR) is 82.7 cm³/mol. The zero-order chi connectivity index (χ0) is 15.4. The monoisotopic (exact) mass is 303 g/mol. The fourth-order valence-corrected chi connectivity index (χ4v) is 3.98. The van der Waals surface area contributed by atoms with Gasteiger partial charge in [-0.15, -0.1) is 0 Å². The number of amides is 1. The van der Waals surface area contributed by atoms with Gasteiger partial charge in [-0.05, 0) is 46.0 Å². The molecule has 22 heavy (non-hydrogen) atoms. The second-order valence-electron chi connectivity index (χ2n) is 7.16. The van der Waals surface area contributed by atoms with E-state index in [0.29, 0.717) is 17.8 Å². The third-order valence-electron chi connectivity index (χ3n) is 5.35. The molecule has 0 unspecified atom stereocenters. The Labute approximate surface area is 131 Å². The molecule has 0 spiro atoms. The van der Waals surface area contributed by atoms with E-state index in [9.17, 15) is 4.79 Å². The summed E-state index contributed by atoms with van der Waals surface area (Å²) in [6.45, 7) is 4.13. The van der Waals surface area contributed by atoms with E-state index in [1.54, 1.807) is 0 Å². The maximum atomic E-state index is 13.2. The molecule has 1 aliphatic heterocycles. The molecule has 1 amide bonds. The number of hydrogen-bond donors (Lipinski definition) is 0. The largest absolute Gasteiger partial charge is 0.369 e. The molecule has 2 heterocycles. The molecule has 5 heteroatoms. The lowest BCUT2D eigenvalue weighted by molar-refractivity contribution is -0.00910. The average molecular weight is 303 g/mol. The van der Waals surface area contributed by atoms with Gasteiger partial charge in [-0.2, -0.15) is 5.10 Å². The van der Waals surface area contributed by atoms with Gasteiger partial charge in [0.1, 0.15) is 0 Å². The number of nitrogens with zero attached hydrogens (tertiary/aromatic N) is 3. The van der Waals surface area contributed by atoms with Crippen LogP contribution < -0.4 is 0 Å². The molecule has 1 aromatic heterocycles. The Bertz CT molecular complexity index is 601. The number of ether oxygens (including phenoxy) is 1. The van der Waals surface area contributed by atoms with Crippen molar-refractivity contribution in [3.05, 3.63) is 17.0 Å². The molecule has 0 N–H and O–H groups in total. The van der Waals surface area contributed by atoms with E-state index in [0.717, 1.165) is 43.4 Å². The second kappa shape index (κ2) is 5.08. The molecular weight excluding hydrogens is 278 g/mol. The van der Waals surface area contributed by atoms with Crippen LogP contribution in [0.2, 0.25) is 0 Å². The van der Waals surface area contributed by atoms with Crippen LogP contribution in [0.15, 0.2) is 0 Å². The molecule has 2 saturated carbocycles. The van der Waals surface area contributed by atoms with Crippen molar-refractivity contribution < 1.29 is 9.53 Å². The minimum absolute atomic E-state index is 0.0101. The second-order valence-corrected chi connectivity index (χ2v) is 7.16. The first kappa shape index (κ1) is 14.2. The van der Waals surface area contributed by atoms with Crippen LogP contribution in [0.5, 0.6) is 0 Å². The van der Waals surface area contributed by atoms with Crippen molar-refractivity contribution in [3.8, 4) is 0 Å². The van der Waals surface area contributed by atoms with E-state index in [1.165, 1.54) is 6.42 Å². The number of fused-ring (bicyclic) bond motifs is 1. The summed E-state index contributed by atoms with van der Waals surface area (Å²) in [6, 6.07) is 0.914. The summed E-state index contributed by atoms with van der Waals surface area (Å²) < 4.78 is 7.75. The minimum atomic E-state index is 0.0101. The van der Waals surface area contributed by atoms with Crippen LogP contribution in [0, 0.1) is 0 Å². The fourth-order valence-electron chi connectivity index (χ4n) is 3.98. The summed E-state index contributed by atoms with van der Waals surface area (Å²) in [5.74, 6) is 0.158. The highest BCUT2D eigenvalue weighted by Gasteiger charge is 2.42. The van der Waals surface area contributed by atoms with Crippen LogP contribution in [-0.2, 0) is 18.2 Å². The molecule has 120 valence electrons. The van der Waals surface area contributed by atoms with Gasteiger partial charge in [0.25, 0.3) is 5.91 Å². The average Bonchev–Trinajstić information content (AvgIpc) is 3.17. The standard InChI is InChI=1S/C17H25N3O2/c1-10-9-14-15(18-19(3)16(14)11(2)22-10)17(21)20(13-7-8-13)12-5-4-6-12/h10-13H,4-9H2,1-3H3/t10-,11+/m1/s1. The van der Waals surface area contributed by atoms with Crippen molar-refractivity contribution in [1.29, 1.82) is 0 Å². The number of hydrogen-bond acceptors (Lipinski definition) is 3. The van der Waals surface area contributed by atoms with Crippen LogP contribution in [0.4, 0.5) is 0 Å². The Balaban J connectivity index is 1.70. The Morgan fingerprint density at radius 2 is 1.91 bits per heavy atom. The highest BCUT2D eigenvalue weighted by atomic mass is 16.5. The van der Waals surface area contributed by atoms with E-state index in [-0.39, 0.29) is 18.1 Å². The molecule has 0 bridgehead atoms. The highest BCUT2D eigenvalue weighted by Crippen LogP contribution is 2.38. The molecule has 0 aromatic carbocycles. The van der Waals surface area contributed by atoms with E-state index < -0.39 is 0 Å². The first-order chi connectivity index (χ1) is 10.6. The van der Waals surface area contributed by atoms with Crippen molar-refractivity contribution in [2.24, 2.45) is 7.05 Å². The van der Waals surface area contributed by atoms with E-state index in [1.807, 2.05) is 11.7 Å². The zero-order valence-electron chi connectivity index (χ0n) is 13.7. The summed E-state index contributed by atoms with van der Waals surface area (Å²) in [5.41, 5.74) is 2.87. The summed E-state index contributed by atoms with van der Waals surface area (Å²) in [5, 5.41) is 4.59. The van der Waals surface area contributed by atoms with Gasteiger partial charge in [0, 0.05) is 31.1 Å². The number of rotatable bonds is 3. The van der Waals surface area contributed by atoms with Crippen LogP contribution in [0.1, 0.15) is 73.8 Å². The molecule has 1 aromatic rings. The third kappa shape index (κ3) is 2.18. The van der Waals surface area contributed by atoms with Gasteiger partial charge >= 0.3 is 0 Å². The first-order valence-corrected chi connectivity index (χ1v) is 8.60. The van der Waals surface area contributed by atoms with Crippen molar-refractivity contribution in [3.63, 3.8) is 0 Å². The quantitative estimate of drug-likeness (QED) is 0.862. The Morgan fingerprint density at radius 1 is 1.23 bits per heavy atom. The molecule has 0 saturated heterocycles. The topological polar surface area (TPSA) is 47.4 Å². The maximum absolute atomic E-state index is 13.2. The van der Waals surface area contributed by atoms with Crippen molar-refractivity contribution in [1.82, 2.24) is 14.7 Å². The van der Waals surface area contributed by atoms with Gasteiger partial charge < -0.3 is 9.64 Å². The maximum Gasteiger partial charge on any atom is 0.275 e. The molecule has 0 radical (unpaired) electrons. The minimum Gasteiger partial charge on any atom is -0.369 e. The number of aromatic nitrogens is 2. The molecule has 2 aliphatic carbocycles. The van der Waals surface area contributed by atoms with Gasteiger partial charge in [0.15, 0.2) is 5.69 Å². The van der Waals surface area contributed by atoms with Crippen LogP contribution >= 0.6 is 0 Å². The molecular formula is C17H25N3O2. The SMILES string of the molecule is C[C@@H]1Cc2c(C(=O)N(C3CCC3)C3CC3)nn(C)c2[C@H](C)O1. The lowest BCUT2D eigenvalue weighted by Crippen LogP contribution is -2.46. The number of carbonyl (C=O) groups is 1. The van der Waals surface area contributed by atoms with Gasteiger partial charge in [-0.25, -0.2) is 0 Å². The lowest BCUT2D eigenvalue weighted by Gasteiger charge is -2.37. The van der Waals surface area contributed by atoms with Gasteiger partial charge in [-0.3, -0.25) is 9.48 Å². The van der Waals surface area contributed by atoms with Crippen molar-refractivity contribution >= 4 is 5.91 Å². The summed E-state index contributed by atoms with van der Waals surface area (Å²) in [4.78, 5) is 15.3. The smallest absolute Gasteiger partial charge is 0.275 e. The van der Waals surface area contributed by atoms with Crippen LogP contribution in [0.25, 0.3) is 0 Å². The number of aryl methyl sites for hydroxylation is 1. The van der Waals surface area contributed by atoms with Gasteiger partial charge in [0.2, 0.25) is 0 Å². The van der Waals surface area contributed by atoms with Crippen LogP contribution in [-0.4, -0.2) is 38.8 Å². The van der Waals surface area contributed by atoms with Gasteiger partial charge in [0.05, 0.1) is 17.9 Å². The van der Waals surface area contributed by atoms with E-state index >= 15 is 0 Å². The third-order valence-corrected chi connectivity index (χ3v) is 5.35. The summed E-state index contributed by atoms with van der Waals surface area (Å²) in [7, 11) is 1.93. The first-order valence-electron chi connectivity index (χ1n) is 8.60. The molecule has 4 rings (SSSR count). The van der Waals surface area contributed by atoms with Crippen LogP contribution in [0.3, 0.4) is 0 Å². The van der Waals surface area contributed by atoms with Crippen molar-refractivity contribution in [2.45, 2.75) is 76.7 Å². The predicted octanol–water partition coefficient (Wildman–Crippen LogP) is 2.60. The molecule has 2 atom stereocenters. The lowest BCUT2D eigenvalue weighted by atomic mass is 9.90. The number of carbonyl (C=O) groups excluding carboxylic acids is 1. The zero-order valence-corrected chi connectivity index (χ0v) is 13.7. The normalized spacial score (nSPS) is 28.1. The molecule has 2 fully saturated rings. The summed E-state index contributed by atoms with van der Waals surface area (Å²) in [6.07, 6.45) is 6.84. The fraction of sp³-hybridized carbons (Fsp3) is 0.765. The van der Waals surface area contributed by atoms with Crippen molar-refractivity contribution in [2.75, 3.05) is 0 Å². The Hall–Kier alpha value is -1.36. The summed E-state index contributed by atoms with van der Waals surface area (Å²) >= 11 is 0. The molecule has 3 aliphatic rings. The van der Waals surface area contributed by atoms with Gasteiger partial charge in [-0.1, -0.05) is 0 Å². The van der Waals surface area contributed by atoms with E-state index in [4.69, 9.17) is 4.74 Å².